The summed E-state index contributed by atoms with van der Waals surface area (Å²) in [7, 11) is 1.72. The summed E-state index contributed by atoms with van der Waals surface area (Å²) in [6, 6.07) is 12.4. The number of hydrogen-bond acceptors (Lipinski definition) is 3. The number of carbonyl (C=O) groups excluding carboxylic acids is 1. The fourth-order valence-corrected chi connectivity index (χ4v) is 3.20. The predicted octanol–water partition coefficient (Wildman–Crippen LogP) is 4.15. The van der Waals surface area contributed by atoms with Gasteiger partial charge in [-0.05, 0) is 37.3 Å². The van der Waals surface area contributed by atoms with Crippen molar-refractivity contribution >= 4 is 46.0 Å². The minimum absolute atomic E-state index is 0.337. The lowest BCUT2D eigenvalue weighted by Gasteiger charge is -2.14. The van der Waals surface area contributed by atoms with Crippen LogP contribution in [0.5, 0.6) is 0 Å². The molecule has 0 saturated heterocycles. The molecule has 3 rings (SSSR count). The topological polar surface area (TPSA) is 59.3 Å². The molecule has 0 spiro atoms. The van der Waals surface area contributed by atoms with E-state index >= 15 is 0 Å². The molecule has 0 radical (unpaired) electrons. The second-order valence-electron chi connectivity index (χ2n) is 5.36. The van der Waals surface area contributed by atoms with Gasteiger partial charge in [0, 0.05) is 34.6 Å². The molecule has 1 amide bonds. The van der Waals surface area contributed by atoms with Crippen LogP contribution in [0, 0.1) is 0 Å². The van der Waals surface area contributed by atoms with Crippen molar-refractivity contribution in [3.8, 4) is 0 Å². The first-order valence-corrected chi connectivity index (χ1v) is 8.49. The molecule has 1 heterocycles. The number of fused-ring (bicyclic) bond motifs is 1. The summed E-state index contributed by atoms with van der Waals surface area (Å²) in [4.78, 5) is 21.5. The number of para-hydroxylation sites is 1. The van der Waals surface area contributed by atoms with Crippen LogP contribution in [0.15, 0.2) is 47.5 Å². The highest BCUT2D eigenvalue weighted by molar-refractivity contribution is 6.35. The van der Waals surface area contributed by atoms with Gasteiger partial charge in [0.25, 0.3) is 5.91 Å². The fraction of sp³-hybridized carbons (Fsp3) is 0.167. The molecule has 128 valence electrons. The molecule has 0 aliphatic rings. The van der Waals surface area contributed by atoms with E-state index in [2.05, 4.69) is 15.3 Å². The number of benzene rings is 2. The molecule has 3 aromatic rings. The Labute approximate surface area is 154 Å². The highest BCUT2D eigenvalue weighted by atomic mass is 35.5. The van der Waals surface area contributed by atoms with Crippen molar-refractivity contribution in [3.63, 3.8) is 0 Å². The number of aromatic nitrogens is 2. The molecule has 0 bridgehead atoms. The van der Waals surface area contributed by atoms with Gasteiger partial charge in [-0.1, -0.05) is 35.3 Å². The van der Waals surface area contributed by atoms with E-state index in [1.807, 2.05) is 35.8 Å². The van der Waals surface area contributed by atoms with Crippen LogP contribution in [-0.4, -0.2) is 22.5 Å². The van der Waals surface area contributed by atoms with Gasteiger partial charge >= 0.3 is 0 Å². The predicted molar refractivity (Wildman–Crippen MR) is 101 cm³/mol. The Morgan fingerprint density at radius 2 is 1.88 bits per heavy atom. The number of hydrogen-bond donors (Lipinski definition) is 1. The van der Waals surface area contributed by atoms with Crippen LogP contribution in [0.1, 0.15) is 17.3 Å². The van der Waals surface area contributed by atoms with Gasteiger partial charge in [0.1, 0.15) is 5.49 Å². The summed E-state index contributed by atoms with van der Waals surface area (Å²) in [6.07, 6.45) is 0. The van der Waals surface area contributed by atoms with Crippen molar-refractivity contribution in [3.05, 3.63) is 63.6 Å². The molecular formula is C18H16Cl2N4O. The second kappa shape index (κ2) is 7.25. The zero-order valence-corrected chi connectivity index (χ0v) is 15.3. The number of carbonyl (C=O) groups is 1. The first-order chi connectivity index (χ1) is 12.0. The van der Waals surface area contributed by atoms with Crippen LogP contribution in [0.25, 0.3) is 10.9 Å². The van der Waals surface area contributed by atoms with Crippen LogP contribution >= 0.6 is 23.2 Å². The van der Waals surface area contributed by atoms with Crippen molar-refractivity contribution in [1.29, 1.82) is 0 Å². The quantitative estimate of drug-likeness (QED) is 0.748. The summed E-state index contributed by atoms with van der Waals surface area (Å²) < 4.78 is 1.85. The average molecular weight is 375 g/mol. The third kappa shape index (κ3) is 3.52. The lowest BCUT2D eigenvalue weighted by Crippen LogP contribution is -2.27. The number of amides is 1. The van der Waals surface area contributed by atoms with Crippen LogP contribution in [0.3, 0.4) is 0 Å². The summed E-state index contributed by atoms with van der Waals surface area (Å²) in [5.74, 6) is 0.0827. The van der Waals surface area contributed by atoms with Gasteiger partial charge in [0.05, 0.1) is 5.52 Å². The van der Waals surface area contributed by atoms with Gasteiger partial charge in [-0.3, -0.25) is 19.7 Å². The van der Waals surface area contributed by atoms with E-state index in [0.717, 1.165) is 16.4 Å². The number of anilines is 1. The van der Waals surface area contributed by atoms with Crippen molar-refractivity contribution in [2.45, 2.75) is 13.5 Å². The Morgan fingerprint density at radius 3 is 2.52 bits per heavy atom. The van der Waals surface area contributed by atoms with Crippen LogP contribution in [0.4, 0.5) is 5.95 Å². The van der Waals surface area contributed by atoms with Crippen molar-refractivity contribution in [2.75, 3.05) is 12.4 Å². The maximum absolute atomic E-state index is 12.6. The highest BCUT2D eigenvalue weighted by Crippen LogP contribution is 2.20. The summed E-state index contributed by atoms with van der Waals surface area (Å²) in [6.45, 7) is 2.58. The first kappa shape index (κ1) is 17.5. The SMILES string of the molecule is CCn1c(NC(=O)c2cc(Cl)cc(Cl)c2)nc2ccccc2c1=NC. The first-order valence-electron chi connectivity index (χ1n) is 7.73. The van der Waals surface area contributed by atoms with Crippen molar-refractivity contribution in [2.24, 2.45) is 4.99 Å². The summed E-state index contributed by atoms with van der Waals surface area (Å²) in [5, 5.41) is 4.56. The van der Waals surface area contributed by atoms with Gasteiger partial charge in [0.15, 0.2) is 0 Å². The molecule has 0 saturated carbocycles. The number of rotatable bonds is 3. The van der Waals surface area contributed by atoms with Crippen LogP contribution in [-0.2, 0) is 6.54 Å². The molecular weight excluding hydrogens is 359 g/mol. The molecule has 0 atom stereocenters. The molecule has 0 unspecified atom stereocenters. The summed E-state index contributed by atoms with van der Waals surface area (Å²) >= 11 is 12.0. The molecule has 0 aliphatic heterocycles. The highest BCUT2D eigenvalue weighted by Gasteiger charge is 2.13. The van der Waals surface area contributed by atoms with Gasteiger partial charge < -0.3 is 0 Å². The minimum atomic E-state index is -0.337. The van der Waals surface area contributed by atoms with Crippen molar-refractivity contribution in [1.82, 2.24) is 9.55 Å². The lowest BCUT2D eigenvalue weighted by atomic mass is 10.2. The Bertz CT molecular complexity index is 1010. The van der Waals surface area contributed by atoms with E-state index < -0.39 is 0 Å². The Kier molecular flexibility index (Phi) is 5.06. The Hall–Kier alpha value is -2.37. The minimum Gasteiger partial charge on any atom is -0.296 e. The van der Waals surface area contributed by atoms with E-state index in [0.29, 0.717) is 28.1 Å². The molecule has 0 fully saturated rings. The zero-order valence-electron chi connectivity index (χ0n) is 13.8. The fourth-order valence-electron chi connectivity index (χ4n) is 2.68. The zero-order chi connectivity index (χ0) is 18.0. The smallest absolute Gasteiger partial charge is 0.258 e. The van der Waals surface area contributed by atoms with E-state index in [-0.39, 0.29) is 5.91 Å². The lowest BCUT2D eigenvalue weighted by molar-refractivity contribution is 0.102. The molecule has 1 N–H and O–H groups in total. The number of nitrogens with one attached hydrogen (secondary N) is 1. The molecule has 25 heavy (non-hydrogen) atoms. The Balaban J connectivity index is 2.11. The second-order valence-corrected chi connectivity index (χ2v) is 6.23. The van der Waals surface area contributed by atoms with E-state index in [4.69, 9.17) is 23.2 Å². The standard InChI is InChI=1S/C18H16Cl2N4O/c1-3-24-16(21-2)14-6-4-5-7-15(14)22-18(24)23-17(25)11-8-12(19)10-13(20)9-11/h4-10H,3H2,1-2H3,(H,22,23,25). The van der Waals surface area contributed by atoms with E-state index in [1.54, 1.807) is 25.2 Å². The largest absolute Gasteiger partial charge is 0.296 e. The molecule has 0 aliphatic carbocycles. The molecule has 1 aromatic heterocycles. The normalized spacial score (nSPS) is 11.8. The maximum atomic E-state index is 12.6. The maximum Gasteiger partial charge on any atom is 0.258 e. The number of nitrogens with zero attached hydrogens (tertiary/aromatic N) is 3. The van der Waals surface area contributed by atoms with Gasteiger partial charge in [-0.2, -0.15) is 0 Å². The third-order valence-electron chi connectivity index (χ3n) is 3.76. The van der Waals surface area contributed by atoms with Gasteiger partial charge in [-0.25, -0.2) is 4.98 Å². The van der Waals surface area contributed by atoms with E-state index in [1.165, 1.54) is 0 Å². The van der Waals surface area contributed by atoms with Crippen molar-refractivity contribution < 1.29 is 4.79 Å². The van der Waals surface area contributed by atoms with Crippen LogP contribution in [0.2, 0.25) is 10.0 Å². The molecule has 5 nitrogen and oxygen atoms in total. The van der Waals surface area contributed by atoms with Crippen LogP contribution < -0.4 is 10.8 Å². The molecule has 2 aromatic carbocycles. The monoisotopic (exact) mass is 374 g/mol. The summed E-state index contributed by atoms with van der Waals surface area (Å²) in [5.41, 5.74) is 1.88. The average Bonchev–Trinajstić information content (AvgIpc) is 2.59. The number of halogens is 2. The van der Waals surface area contributed by atoms with Gasteiger partial charge in [0.2, 0.25) is 5.95 Å². The third-order valence-corrected chi connectivity index (χ3v) is 4.20. The van der Waals surface area contributed by atoms with Gasteiger partial charge in [-0.15, -0.1) is 0 Å². The molecule has 7 heteroatoms. The van der Waals surface area contributed by atoms with E-state index in [9.17, 15) is 4.79 Å². The Morgan fingerprint density at radius 1 is 1.20 bits per heavy atom.